The Bertz CT molecular complexity index is 602. The van der Waals surface area contributed by atoms with Gasteiger partial charge < -0.3 is 10.1 Å². The van der Waals surface area contributed by atoms with Crippen LogP contribution >= 0.6 is 0 Å². The van der Waals surface area contributed by atoms with Crippen LogP contribution in [0.5, 0.6) is 0 Å². The Hall–Kier alpha value is -1.64. The standard InChI is InChI=1S/C21H27NO/c1-16(2)19-11-7-6-10-18(19)14-20(17-8-4-3-5-9-17)21-15-22-12-13-23-21/h3-11,16,20-22H,12-15H2,1-2H3/t20-,21-/m0/s1. The molecule has 2 heteroatoms. The minimum Gasteiger partial charge on any atom is -0.375 e. The maximum Gasteiger partial charge on any atom is 0.0771 e. The molecule has 0 radical (unpaired) electrons. The second-order valence-corrected chi connectivity index (χ2v) is 6.69. The average Bonchev–Trinajstić information content (AvgIpc) is 2.61. The molecule has 1 heterocycles. The number of hydrogen-bond acceptors (Lipinski definition) is 2. The van der Waals surface area contributed by atoms with E-state index in [-0.39, 0.29) is 6.10 Å². The molecule has 122 valence electrons. The molecule has 0 aliphatic carbocycles. The summed E-state index contributed by atoms with van der Waals surface area (Å²) < 4.78 is 6.10. The molecule has 1 aliphatic heterocycles. The molecule has 23 heavy (non-hydrogen) atoms. The monoisotopic (exact) mass is 309 g/mol. The number of nitrogens with one attached hydrogen (secondary N) is 1. The molecule has 1 fully saturated rings. The van der Waals surface area contributed by atoms with Crippen molar-refractivity contribution in [3.8, 4) is 0 Å². The maximum absolute atomic E-state index is 6.10. The number of ether oxygens (including phenoxy) is 1. The number of rotatable bonds is 5. The van der Waals surface area contributed by atoms with Crippen LogP contribution < -0.4 is 5.32 Å². The highest BCUT2D eigenvalue weighted by molar-refractivity contribution is 5.33. The molecule has 1 N–H and O–H groups in total. The summed E-state index contributed by atoms with van der Waals surface area (Å²) >= 11 is 0. The fourth-order valence-corrected chi connectivity index (χ4v) is 3.53. The average molecular weight is 309 g/mol. The highest BCUT2D eigenvalue weighted by Gasteiger charge is 2.27. The first kappa shape index (κ1) is 16.2. The van der Waals surface area contributed by atoms with E-state index in [0.717, 1.165) is 26.1 Å². The summed E-state index contributed by atoms with van der Waals surface area (Å²) in [7, 11) is 0. The second kappa shape index (κ2) is 7.76. The molecule has 2 aromatic rings. The zero-order valence-electron chi connectivity index (χ0n) is 14.2. The first-order valence-corrected chi connectivity index (χ1v) is 8.70. The SMILES string of the molecule is CC(C)c1ccccc1C[C@@H](c1ccccc1)[C@@H]1CNCCO1. The van der Waals surface area contributed by atoms with Crippen molar-refractivity contribution in [1.29, 1.82) is 0 Å². The van der Waals surface area contributed by atoms with E-state index in [2.05, 4.69) is 73.8 Å². The summed E-state index contributed by atoms with van der Waals surface area (Å²) in [5.41, 5.74) is 4.28. The number of morpholine rings is 1. The van der Waals surface area contributed by atoms with Gasteiger partial charge in [0.25, 0.3) is 0 Å². The predicted molar refractivity (Wildman–Crippen MR) is 96.0 cm³/mol. The molecule has 1 aliphatic rings. The fraction of sp³-hybridized carbons (Fsp3) is 0.429. The van der Waals surface area contributed by atoms with Gasteiger partial charge in [-0.1, -0.05) is 68.4 Å². The summed E-state index contributed by atoms with van der Waals surface area (Å²) in [5, 5.41) is 3.48. The smallest absolute Gasteiger partial charge is 0.0771 e. The third kappa shape index (κ3) is 4.01. The van der Waals surface area contributed by atoms with Gasteiger partial charge >= 0.3 is 0 Å². The molecule has 0 unspecified atom stereocenters. The van der Waals surface area contributed by atoms with Crippen LogP contribution in [-0.4, -0.2) is 25.8 Å². The van der Waals surface area contributed by atoms with Crippen molar-refractivity contribution in [1.82, 2.24) is 5.32 Å². The van der Waals surface area contributed by atoms with E-state index in [4.69, 9.17) is 4.74 Å². The maximum atomic E-state index is 6.10. The lowest BCUT2D eigenvalue weighted by Gasteiger charge is -2.32. The second-order valence-electron chi connectivity index (χ2n) is 6.69. The number of benzene rings is 2. The molecule has 3 rings (SSSR count). The van der Waals surface area contributed by atoms with E-state index in [1.54, 1.807) is 0 Å². The molecule has 0 amide bonds. The topological polar surface area (TPSA) is 21.3 Å². The summed E-state index contributed by atoms with van der Waals surface area (Å²) in [6, 6.07) is 19.7. The van der Waals surface area contributed by atoms with Crippen LogP contribution in [0.1, 0.15) is 42.4 Å². The van der Waals surface area contributed by atoms with Crippen LogP contribution in [0.2, 0.25) is 0 Å². The third-order valence-electron chi connectivity index (χ3n) is 4.75. The lowest BCUT2D eigenvalue weighted by Crippen LogP contribution is -2.42. The first-order valence-electron chi connectivity index (χ1n) is 8.70. The Labute approximate surface area is 139 Å². The molecular formula is C21H27NO. The third-order valence-corrected chi connectivity index (χ3v) is 4.75. The van der Waals surface area contributed by atoms with Crippen molar-refractivity contribution >= 4 is 0 Å². The summed E-state index contributed by atoms with van der Waals surface area (Å²) in [6.45, 7) is 7.24. The Morgan fingerprint density at radius 2 is 1.78 bits per heavy atom. The van der Waals surface area contributed by atoms with Gasteiger partial charge in [-0.3, -0.25) is 0 Å². The van der Waals surface area contributed by atoms with Gasteiger partial charge in [0.05, 0.1) is 12.7 Å². The lowest BCUT2D eigenvalue weighted by atomic mass is 9.84. The van der Waals surface area contributed by atoms with Gasteiger partial charge in [0, 0.05) is 19.0 Å². The molecule has 2 aromatic carbocycles. The van der Waals surface area contributed by atoms with Crippen LogP contribution in [0.25, 0.3) is 0 Å². The molecule has 0 aromatic heterocycles. The van der Waals surface area contributed by atoms with Crippen molar-refractivity contribution in [2.24, 2.45) is 0 Å². The molecule has 2 nitrogen and oxygen atoms in total. The normalized spacial score (nSPS) is 19.7. The van der Waals surface area contributed by atoms with Crippen molar-refractivity contribution in [2.45, 2.75) is 38.2 Å². The van der Waals surface area contributed by atoms with E-state index in [1.807, 2.05) is 0 Å². The Kier molecular flexibility index (Phi) is 5.47. The number of hydrogen-bond donors (Lipinski definition) is 1. The van der Waals surface area contributed by atoms with Crippen molar-refractivity contribution in [2.75, 3.05) is 19.7 Å². The van der Waals surface area contributed by atoms with Gasteiger partial charge in [-0.25, -0.2) is 0 Å². The van der Waals surface area contributed by atoms with Crippen molar-refractivity contribution < 1.29 is 4.74 Å². The van der Waals surface area contributed by atoms with Gasteiger partial charge in [0.1, 0.15) is 0 Å². The summed E-state index contributed by atoms with van der Waals surface area (Å²) in [4.78, 5) is 0. The van der Waals surface area contributed by atoms with Gasteiger partial charge in [-0.2, -0.15) is 0 Å². The largest absolute Gasteiger partial charge is 0.375 e. The molecule has 1 saturated heterocycles. The van der Waals surface area contributed by atoms with E-state index in [0.29, 0.717) is 11.8 Å². The molecule has 2 atom stereocenters. The van der Waals surface area contributed by atoms with Crippen LogP contribution in [0.3, 0.4) is 0 Å². The fourth-order valence-electron chi connectivity index (χ4n) is 3.53. The van der Waals surface area contributed by atoms with Crippen LogP contribution in [0.4, 0.5) is 0 Å². The minimum absolute atomic E-state index is 0.242. The molecule has 0 saturated carbocycles. The van der Waals surface area contributed by atoms with Crippen LogP contribution in [-0.2, 0) is 11.2 Å². The predicted octanol–water partition coefficient (Wildman–Crippen LogP) is 4.12. The van der Waals surface area contributed by atoms with Gasteiger partial charge in [0.15, 0.2) is 0 Å². The zero-order chi connectivity index (χ0) is 16.1. The van der Waals surface area contributed by atoms with Gasteiger partial charge in [-0.05, 0) is 29.0 Å². The van der Waals surface area contributed by atoms with E-state index in [9.17, 15) is 0 Å². The zero-order valence-corrected chi connectivity index (χ0v) is 14.2. The van der Waals surface area contributed by atoms with Gasteiger partial charge in [-0.15, -0.1) is 0 Å². The first-order chi connectivity index (χ1) is 11.3. The minimum atomic E-state index is 0.242. The molecule has 0 bridgehead atoms. The highest BCUT2D eigenvalue weighted by atomic mass is 16.5. The summed E-state index contributed by atoms with van der Waals surface area (Å²) in [5.74, 6) is 0.942. The van der Waals surface area contributed by atoms with Crippen molar-refractivity contribution in [3.05, 3.63) is 71.3 Å². The van der Waals surface area contributed by atoms with E-state index < -0.39 is 0 Å². The summed E-state index contributed by atoms with van der Waals surface area (Å²) in [6.07, 6.45) is 1.27. The van der Waals surface area contributed by atoms with E-state index >= 15 is 0 Å². The quantitative estimate of drug-likeness (QED) is 0.897. The Balaban J connectivity index is 1.90. The van der Waals surface area contributed by atoms with Gasteiger partial charge in [0.2, 0.25) is 0 Å². The van der Waals surface area contributed by atoms with Crippen LogP contribution in [0, 0.1) is 0 Å². The highest BCUT2D eigenvalue weighted by Crippen LogP contribution is 2.30. The van der Waals surface area contributed by atoms with E-state index in [1.165, 1.54) is 16.7 Å². The lowest BCUT2D eigenvalue weighted by molar-refractivity contribution is 0.0110. The molecular weight excluding hydrogens is 282 g/mol. The molecule has 0 spiro atoms. The van der Waals surface area contributed by atoms with Crippen molar-refractivity contribution in [3.63, 3.8) is 0 Å². The van der Waals surface area contributed by atoms with Crippen LogP contribution in [0.15, 0.2) is 54.6 Å². The Morgan fingerprint density at radius 1 is 1.04 bits per heavy atom. The Morgan fingerprint density at radius 3 is 2.48 bits per heavy atom.